The zero-order chi connectivity index (χ0) is 61.9. The van der Waals surface area contributed by atoms with Gasteiger partial charge in [-0.05, 0) is 42.3 Å². The van der Waals surface area contributed by atoms with E-state index in [1.165, 1.54) is 68.9 Å². The zero-order valence-corrected chi connectivity index (χ0v) is 51.2. The van der Waals surface area contributed by atoms with Gasteiger partial charge in [0, 0.05) is 0 Å². The van der Waals surface area contributed by atoms with Crippen LogP contribution in [0, 0.1) is 6.92 Å². The average Bonchev–Trinajstić information content (AvgIpc) is 3.34. The van der Waals surface area contributed by atoms with Crippen molar-refractivity contribution in [3.05, 3.63) is 56.3 Å². The van der Waals surface area contributed by atoms with Gasteiger partial charge < -0.3 is 69.5 Å². The third-order valence-corrected chi connectivity index (χ3v) is 20.8. The molecule has 0 bridgehead atoms. The molecule has 47 heteroatoms. The number of nitrogens with two attached hydrogens (primary N) is 3. The molecule has 6 saturated heterocycles. The predicted molar refractivity (Wildman–Crippen MR) is 305 cm³/mol. The molecule has 0 radical (unpaired) electrons. The fraction of sp³-hybridized carbons (Fsp3) is 0.512. The summed E-state index contributed by atoms with van der Waals surface area (Å²) >= 11 is 19.6. The smallest absolute Gasteiger partial charge is 0.386 e. The number of aromatic nitrogens is 16. The quantitative estimate of drug-likeness (QED) is 0.0917. The third-order valence-electron chi connectivity index (χ3n) is 14.5. The van der Waals surface area contributed by atoms with E-state index in [9.17, 15) is 24.4 Å². The standard InChI is InChI=1S/C21H24FN9O9P2S2.C20H22F2N10O8P2S2/c1-8-12-18(26-4-24-8)31(6-28-12)21-14(32)16-10(38-21)3-36-41(33,43)39-15-9(2-35-42(34,44)40-16)37-20(11(15)22)30-7-29-13-17(23)25-5-27-19(13)30;21-9-13-7(37-19(9)31-5-29-11-15(23)25-3-27-17(11)31)1-35-41(33,43)40-14-8(2-36-42(34,44)39-13)38-20(10(14)22)32-6-30-12-16(24)26-4-28-18(12)32/h4-7,9-11,14-16,20-21,32H,2-3H2,1H3,(H,33,43)(H,34,44)(H2,23,25,27);3-10,13-14,19-20H,1-2H2,(H,33,43)(H,34,44)(H2,23,25,27)(H2,24,26,28)/t9-,10-,11-,14-,15-,16-,20-,21-,41?,42?;7-,8-,9-,10-,13-,14-,19-,20-,41?,42?/m11/s1. The van der Waals surface area contributed by atoms with Gasteiger partial charge in [0.15, 0.2) is 83.5 Å². The highest BCUT2D eigenvalue weighted by Crippen LogP contribution is 2.59. The van der Waals surface area contributed by atoms with Gasteiger partial charge >= 0.3 is 27.0 Å². The Kier molecular flexibility index (Phi) is 16.8. The van der Waals surface area contributed by atoms with Crippen molar-refractivity contribution in [1.82, 2.24) is 78.1 Å². The molecule has 88 heavy (non-hydrogen) atoms. The van der Waals surface area contributed by atoms with Crippen LogP contribution in [0.5, 0.6) is 0 Å². The number of hydrogen-bond acceptors (Lipinski definition) is 32. The van der Waals surface area contributed by atoms with Crippen molar-refractivity contribution < 1.29 is 92.7 Å². The van der Waals surface area contributed by atoms with Gasteiger partial charge in [0.2, 0.25) is 0 Å². The minimum absolute atomic E-state index is 0.0606. The summed E-state index contributed by atoms with van der Waals surface area (Å²) in [6.07, 6.45) is -14.0. The van der Waals surface area contributed by atoms with E-state index in [1.807, 2.05) is 0 Å². The summed E-state index contributed by atoms with van der Waals surface area (Å²) in [5.74, 6) is 0.193. The van der Waals surface area contributed by atoms with Crippen LogP contribution in [0.15, 0.2) is 50.6 Å². The highest BCUT2D eigenvalue weighted by Gasteiger charge is 2.56. The summed E-state index contributed by atoms with van der Waals surface area (Å²) in [6.45, 7) is -17.5. The van der Waals surface area contributed by atoms with Crippen molar-refractivity contribution in [2.45, 2.75) is 105 Å². The van der Waals surface area contributed by atoms with Crippen LogP contribution in [0.4, 0.5) is 30.6 Å². The number of imidazole rings is 4. The van der Waals surface area contributed by atoms with Crippen LogP contribution in [0.2, 0.25) is 0 Å². The van der Waals surface area contributed by atoms with Crippen molar-refractivity contribution in [2.75, 3.05) is 43.6 Å². The van der Waals surface area contributed by atoms with Crippen molar-refractivity contribution in [2.24, 2.45) is 0 Å². The Morgan fingerprint density at radius 1 is 0.477 bits per heavy atom. The average molecular weight is 1390 g/mol. The maximum atomic E-state index is 16.0. The molecule has 36 nitrogen and oxygen atoms in total. The van der Waals surface area contributed by atoms with Gasteiger partial charge in [-0.3, -0.25) is 40.9 Å². The first-order chi connectivity index (χ1) is 41.8. The molecule has 4 unspecified atom stereocenters. The van der Waals surface area contributed by atoms with Crippen LogP contribution < -0.4 is 17.2 Å². The van der Waals surface area contributed by atoms with E-state index in [-0.39, 0.29) is 50.9 Å². The van der Waals surface area contributed by atoms with Crippen LogP contribution in [0.25, 0.3) is 44.7 Å². The SMILES string of the molecule is Cc1ncnc2c1ncn2[C@@H]1O[C@@H]2COP(O)(=S)O[C@H]3[C@@H](F)[C@H](n4cnc5c(N)ncnc54)O[C@@H]3COP(=O)(S)O[C@H]2[C@H]1O.Nc1ncnc2c1ncn2[C@@H]1O[C@@H]2COP(O)(=S)O[C@H]3[C@@H](F)[C@H](n4cnc5c(N)ncnc54)O[C@@H]3COP(O)(=S)O[C@H]2[C@H]1F. The number of nitrogen functional groups attached to an aromatic ring is 3. The van der Waals surface area contributed by atoms with Crippen LogP contribution >= 0.6 is 39.2 Å². The molecule has 20 atom stereocenters. The Morgan fingerprint density at radius 3 is 1.17 bits per heavy atom. The van der Waals surface area contributed by atoms with E-state index in [1.54, 1.807) is 6.92 Å². The highest BCUT2D eigenvalue weighted by molar-refractivity contribution is 8.44. The molecule has 0 saturated carbocycles. The van der Waals surface area contributed by atoms with Gasteiger partial charge in [-0.1, -0.05) is 12.2 Å². The van der Waals surface area contributed by atoms with Crippen LogP contribution in [-0.2, 0) is 95.1 Å². The predicted octanol–water partition coefficient (Wildman–Crippen LogP) is 1.67. The minimum Gasteiger partial charge on any atom is -0.386 e. The molecule has 0 spiro atoms. The maximum Gasteiger partial charge on any atom is 0.386 e. The summed E-state index contributed by atoms with van der Waals surface area (Å²) in [5.41, 5.74) is 20.1. The molecule has 8 aromatic heterocycles. The normalized spacial score (nSPS) is 38.3. The lowest BCUT2D eigenvalue weighted by molar-refractivity contribution is -0.0583. The number of aliphatic hydroxyl groups excluding tert-OH is 1. The molecule has 8 aromatic rings. The van der Waals surface area contributed by atoms with E-state index < -0.39 is 152 Å². The van der Waals surface area contributed by atoms with Gasteiger partial charge in [0.1, 0.15) is 102 Å². The maximum absolute atomic E-state index is 16.0. The second-order valence-electron chi connectivity index (χ2n) is 20.0. The van der Waals surface area contributed by atoms with Gasteiger partial charge in [0.25, 0.3) is 0 Å². The number of aryl methyl sites for hydroxylation is 1. The molecule has 6 aliphatic rings. The first kappa shape index (κ1) is 62.1. The number of hydrogen-bond donors (Lipinski definition) is 8. The third kappa shape index (κ3) is 11.7. The number of rotatable bonds is 4. The first-order valence-electron chi connectivity index (χ1n) is 25.6. The largest absolute Gasteiger partial charge is 0.386 e. The minimum atomic E-state index is -4.28. The second kappa shape index (κ2) is 23.8. The van der Waals surface area contributed by atoms with Gasteiger partial charge in [-0.15, -0.1) is 0 Å². The molecule has 6 fully saturated rings. The number of nitrogens with zero attached hydrogens (tertiary/aromatic N) is 16. The molecule has 14 rings (SSSR count). The summed E-state index contributed by atoms with van der Waals surface area (Å²) in [6, 6.07) is 0. The Hall–Kier alpha value is -4.72. The van der Waals surface area contributed by atoms with E-state index in [2.05, 4.69) is 72.1 Å². The number of anilines is 3. The molecule has 6 aliphatic heterocycles. The van der Waals surface area contributed by atoms with Gasteiger partial charge in [-0.25, -0.2) is 77.5 Å². The number of alkyl halides is 3. The molecule has 0 aromatic carbocycles. The van der Waals surface area contributed by atoms with Gasteiger partial charge in [0.05, 0.1) is 57.4 Å². The number of ether oxygens (including phenoxy) is 4. The Balaban J connectivity index is 0.000000162. The first-order valence-corrected chi connectivity index (χ1v) is 36.1. The van der Waals surface area contributed by atoms with Crippen molar-refractivity contribution in [3.63, 3.8) is 0 Å². The Bertz CT molecular complexity index is 3680. The van der Waals surface area contributed by atoms with Crippen molar-refractivity contribution >= 4 is 137 Å². The van der Waals surface area contributed by atoms with E-state index in [0.29, 0.717) is 16.9 Å². The van der Waals surface area contributed by atoms with Crippen LogP contribution in [0.3, 0.4) is 0 Å². The summed E-state index contributed by atoms with van der Waals surface area (Å²) in [4.78, 5) is 81.6. The highest BCUT2D eigenvalue weighted by atomic mass is 32.7. The van der Waals surface area contributed by atoms with E-state index in [0.717, 1.165) is 0 Å². The fourth-order valence-corrected chi connectivity index (χ4v) is 16.3. The Morgan fingerprint density at radius 2 is 0.784 bits per heavy atom. The second-order valence-corrected chi connectivity index (χ2v) is 31.2. The Labute approximate surface area is 510 Å². The lowest BCUT2D eigenvalue weighted by atomic mass is 10.1. The zero-order valence-electron chi connectivity index (χ0n) is 44.3. The van der Waals surface area contributed by atoms with E-state index in [4.69, 9.17) is 108 Å². The summed E-state index contributed by atoms with van der Waals surface area (Å²) in [7, 11) is 0. The van der Waals surface area contributed by atoms with Crippen molar-refractivity contribution in [3.8, 4) is 0 Å². The monoisotopic (exact) mass is 1390 g/mol. The summed E-state index contributed by atoms with van der Waals surface area (Å²) < 4.78 is 135. The fourth-order valence-electron chi connectivity index (χ4n) is 10.5. The summed E-state index contributed by atoms with van der Waals surface area (Å²) in [5, 5.41) is 11.3. The number of aliphatic hydroxyl groups is 1. The van der Waals surface area contributed by atoms with E-state index >= 15 is 13.2 Å². The lowest BCUT2D eigenvalue weighted by Gasteiger charge is -2.29. The molecule has 14 heterocycles. The van der Waals surface area contributed by atoms with Gasteiger partial charge in [-0.2, -0.15) is 0 Å². The van der Waals surface area contributed by atoms with Crippen LogP contribution in [-0.4, -0.2) is 198 Å². The van der Waals surface area contributed by atoms with Crippen LogP contribution in [0.1, 0.15) is 30.6 Å². The molecule has 10 N–H and O–H groups in total. The van der Waals surface area contributed by atoms with Crippen molar-refractivity contribution in [1.29, 1.82) is 0 Å². The number of fused-ring (bicyclic) bond motifs is 8. The molecule has 0 amide bonds. The number of halogens is 3. The molecular formula is C41H46F3N19O17P4S4. The topological polar surface area (TPSA) is 461 Å². The lowest BCUT2D eigenvalue weighted by Crippen LogP contribution is -2.38. The molecule has 472 valence electrons. The molecule has 0 aliphatic carbocycles. The number of thiol groups is 1. The molecular weight excluding hydrogens is 1340 g/mol.